The number of aromatic nitrogens is 2. The highest BCUT2D eigenvalue weighted by atomic mass is 79.9. The monoisotopic (exact) mass is 310 g/mol. The molecule has 7 heteroatoms. The van der Waals surface area contributed by atoms with E-state index in [1.54, 1.807) is 6.92 Å². The van der Waals surface area contributed by atoms with Crippen LogP contribution >= 0.6 is 15.9 Å². The van der Waals surface area contributed by atoms with Gasteiger partial charge in [-0.05, 0) is 34.1 Å². The molecule has 92 valence electrons. The van der Waals surface area contributed by atoms with Gasteiger partial charge in [-0.25, -0.2) is 4.39 Å². The summed E-state index contributed by atoms with van der Waals surface area (Å²) in [6.45, 7) is 1.82. The van der Waals surface area contributed by atoms with Gasteiger partial charge in [0.2, 0.25) is 11.8 Å². The smallest absolute Gasteiger partial charge is 0.236 e. The maximum Gasteiger partial charge on any atom is 0.236 e. The van der Waals surface area contributed by atoms with Gasteiger partial charge in [0, 0.05) is 6.92 Å². The van der Waals surface area contributed by atoms with Crippen molar-refractivity contribution in [3.63, 3.8) is 0 Å². The van der Waals surface area contributed by atoms with E-state index in [1.165, 1.54) is 23.1 Å². The molecule has 18 heavy (non-hydrogen) atoms. The van der Waals surface area contributed by atoms with Gasteiger partial charge in [0.05, 0.1) is 10.2 Å². The molecule has 0 aliphatic carbocycles. The van der Waals surface area contributed by atoms with Crippen molar-refractivity contribution in [2.24, 2.45) is 0 Å². The fraction of sp³-hybridized carbons (Fsp3) is 0.182. The predicted octanol–water partition coefficient (Wildman–Crippen LogP) is 2.77. The number of nitriles is 1. The van der Waals surface area contributed by atoms with E-state index in [9.17, 15) is 4.39 Å². The fourth-order valence-corrected chi connectivity index (χ4v) is 1.74. The van der Waals surface area contributed by atoms with Gasteiger partial charge in [0.25, 0.3) is 0 Å². The minimum atomic E-state index is -0.384. The Kier molecular flexibility index (Phi) is 3.58. The third-order valence-electron chi connectivity index (χ3n) is 2.20. The number of anilines is 1. The standard InChI is InChI=1S/C11H8BrFN4O/c1-7-15-16-11(18-7)5-17(6-14)8-2-3-10(13)9(12)4-8/h2-4H,5H2,1H3. The third-order valence-corrected chi connectivity index (χ3v) is 2.80. The second-order valence-corrected chi connectivity index (χ2v) is 4.35. The Bertz CT molecular complexity index is 607. The number of hydrogen-bond acceptors (Lipinski definition) is 5. The van der Waals surface area contributed by atoms with Gasteiger partial charge in [-0.1, -0.05) is 0 Å². The second-order valence-electron chi connectivity index (χ2n) is 3.50. The summed E-state index contributed by atoms with van der Waals surface area (Å²) in [4.78, 5) is 1.33. The van der Waals surface area contributed by atoms with E-state index in [2.05, 4.69) is 26.1 Å². The number of hydrogen-bond donors (Lipinski definition) is 0. The van der Waals surface area contributed by atoms with Crippen LogP contribution in [0.4, 0.5) is 10.1 Å². The van der Waals surface area contributed by atoms with Crippen LogP contribution in [0.5, 0.6) is 0 Å². The molecule has 1 heterocycles. The number of halogens is 2. The summed E-state index contributed by atoms with van der Waals surface area (Å²) in [5.74, 6) is 0.378. The maximum absolute atomic E-state index is 13.1. The van der Waals surface area contributed by atoms with Crippen LogP contribution in [0.15, 0.2) is 27.1 Å². The normalized spacial score (nSPS) is 10.1. The highest BCUT2D eigenvalue weighted by molar-refractivity contribution is 9.10. The molecule has 0 aliphatic rings. The number of aryl methyl sites for hydroxylation is 1. The van der Waals surface area contributed by atoms with Gasteiger partial charge >= 0.3 is 0 Å². The summed E-state index contributed by atoms with van der Waals surface area (Å²) < 4.78 is 18.6. The molecule has 0 saturated heterocycles. The summed E-state index contributed by atoms with van der Waals surface area (Å²) in [5, 5.41) is 16.6. The third kappa shape index (κ3) is 2.65. The first-order chi connectivity index (χ1) is 8.60. The molecule has 0 aliphatic heterocycles. The Labute approximate surface area is 111 Å². The summed E-state index contributed by atoms with van der Waals surface area (Å²) in [6.07, 6.45) is 1.99. The molecule has 5 nitrogen and oxygen atoms in total. The number of benzene rings is 1. The SMILES string of the molecule is Cc1nnc(CN(C#N)c2ccc(F)c(Br)c2)o1. The first kappa shape index (κ1) is 12.5. The van der Waals surface area contributed by atoms with E-state index >= 15 is 0 Å². The highest BCUT2D eigenvalue weighted by Crippen LogP contribution is 2.23. The van der Waals surface area contributed by atoms with Crippen LogP contribution in [0.1, 0.15) is 11.8 Å². The van der Waals surface area contributed by atoms with Crippen molar-refractivity contribution >= 4 is 21.6 Å². The van der Waals surface area contributed by atoms with Crippen LogP contribution in [0, 0.1) is 24.2 Å². The van der Waals surface area contributed by atoms with E-state index < -0.39 is 0 Å². The zero-order valence-corrected chi connectivity index (χ0v) is 11.0. The molecule has 1 aromatic carbocycles. The molecule has 2 rings (SSSR count). The molecule has 0 N–H and O–H groups in total. The van der Waals surface area contributed by atoms with Crippen molar-refractivity contribution in [2.75, 3.05) is 4.90 Å². The van der Waals surface area contributed by atoms with Crippen LogP contribution in [0.3, 0.4) is 0 Å². The van der Waals surface area contributed by atoms with Gasteiger partial charge in [-0.2, -0.15) is 5.26 Å². The van der Waals surface area contributed by atoms with Gasteiger partial charge < -0.3 is 4.42 Å². The van der Waals surface area contributed by atoms with E-state index in [4.69, 9.17) is 9.68 Å². The van der Waals surface area contributed by atoms with E-state index in [1.807, 2.05) is 6.19 Å². The van der Waals surface area contributed by atoms with Crippen molar-refractivity contribution in [1.29, 1.82) is 5.26 Å². The van der Waals surface area contributed by atoms with Crippen LogP contribution in [-0.4, -0.2) is 10.2 Å². The van der Waals surface area contributed by atoms with E-state index in [0.717, 1.165) is 0 Å². The fourth-order valence-electron chi connectivity index (χ4n) is 1.37. The lowest BCUT2D eigenvalue weighted by Gasteiger charge is -2.13. The van der Waals surface area contributed by atoms with Crippen molar-refractivity contribution < 1.29 is 8.81 Å². The summed E-state index contributed by atoms with van der Waals surface area (Å²) >= 11 is 3.07. The average Bonchev–Trinajstić information content (AvgIpc) is 2.75. The average molecular weight is 311 g/mol. The van der Waals surface area contributed by atoms with Gasteiger partial charge in [-0.3, -0.25) is 4.90 Å². The molecule has 0 amide bonds. The molecule has 0 unspecified atom stereocenters. The first-order valence-corrected chi connectivity index (χ1v) is 5.81. The predicted molar refractivity (Wildman–Crippen MR) is 64.9 cm³/mol. The molecule has 2 aromatic rings. The molecule has 0 fully saturated rings. The highest BCUT2D eigenvalue weighted by Gasteiger charge is 2.12. The molecular weight excluding hydrogens is 303 g/mol. The molecule has 0 saturated carbocycles. The zero-order chi connectivity index (χ0) is 13.1. The number of rotatable bonds is 3. The Morgan fingerprint density at radius 2 is 2.28 bits per heavy atom. The Balaban J connectivity index is 2.23. The first-order valence-electron chi connectivity index (χ1n) is 5.01. The Hall–Kier alpha value is -1.94. The van der Waals surface area contributed by atoms with Crippen LogP contribution in [0.25, 0.3) is 0 Å². The van der Waals surface area contributed by atoms with Crippen molar-refractivity contribution in [1.82, 2.24) is 10.2 Å². The molecule has 0 bridgehead atoms. The lowest BCUT2D eigenvalue weighted by Crippen LogP contribution is -2.16. The van der Waals surface area contributed by atoms with Crippen molar-refractivity contribution in [2.45, 2.75) is 13.5 Å². The van der Waals surface area contributed by atoms with Crippen LogP contribution in [-0.2, 0) is 6.54 Å². The lowest BCUT2D eigenvalue weighted by atomic mass is 10.3. The van der Waals surface area contributed by atoms with Gasteiger partial charge in [0.15, 0.2) is 6.19 Å². The van der Waals surface area contributed by atoms with Crippen LogP contribution in [0.2, 0.25) is 0 Å². The molecule has 1 aromatic heterocycles. The largest absolute Gasteiger partial charge is 0.424 e. The van der Waals surface area contributed by atoms with Crippen molar-refractivity contribution in [3.8, 4) is 6.19 Å². The Morgan fingerprint density at radius 1 is 1.50 bits per heavy atom. The number of nitrogens with zero attached hydrogens (tertiary/aromatic N) is 4. The minimum Gasteiger partial charge on any atom is -0.424 e. The molecular formula is C11H8BrFN4O. The van der Waals surface area contributed by atoms with Crippen molar-refractivity contribution in [3.05, 3.63) is 40.3 Å². The topological polar surface area (TPSA) is 66.0 Å². The van der Waals surface area contributed by atoms with E-state index in [0.29, 0.717) is 21.9 Å². The summed E-state index contributed by atoms with van der Waals surface area (Å²) in [6, 6.07) is 4.30. The molecule has 0 spiro atoms. The maximum atomic E-state index is 13.1. The second kappa shape index (κ2) is 5.14. The quantitative estimate of drug-likeness (QED) is 0.644. The lowest BCUT2D eigenvalue weighted by molar-refractivity contribution is 0.468. The summed E-state index contributed by atoms with van der Waals surface area (Å²) in [5.41, 5.74) is 0.543. The molecule has 0 atom stereocenters. The van der Waals surface area contributed by atoms with Crippen LogP contribution < -0.4 is 4.90 Å². The minimum absolute atomic E-state index is 0.148. The Morgan fingerprint density at radius 3 is 2.83 bits per heavy atom. The summed E-state index contributed by atoms with van der Waals surface area (Å²) in [7, 11) is 0. The van der Waals surface area contributed by atoms with E-state index in [-0.39, 0.29) is 12.4 Å². The van der Waals surface area contributed by atoms with Gasteiger partial charge in [-0.15, -0.1) is 10.2 Å². The molecule has 0 radical (unpaired) electrons. The van der Waals surface area contributed by atoms with Gasteiger partial charge in [0.1, 0.15) is 12.4 Å². The zero-order valence-electron chi connectivity index (χ0n) is 9.39.